The molecule has 0 aromatic heterocycles. The number of benzene rings is 1. The van der Waals surface area contributed by atoms with Crippen LogP contribution < -0.4 is 5.32 Å². The van der Waals surface area contributed by atoms with Gasteiger partial charge in [-0.25, -0.2) is 4.39 Å². The first-order chi connectivity index (χ1) is 8.84. The molecule has 106 valence electrons. The number of alkyl halides is 3. The van der Waals surface area contributed by atoms with E-state index in [-0.39, 0.29) is 12.6 Å². The normalized spacial score (nSPS) is 17.5. The van der Waals surface area contributed by atoms with Crippen LogP contribution in [0.1, 0.15) is 37.3 Å². The average molecular weight is 275 g/mol. The summed E-state index contributed by atoms with van der Waals surface area (Å²) in [5.41, 5.74) is -0.603. The van der Waals surface area contributed by atoms with Crippen molar-refractivity contribution in [2.75, 3.05) is 0 Å². The number of hydrogen-bond donors (Lipinski definition) is 1. The van der Waals surface area contributed by atoms with E-state index in [0.717, 1.165) is 24.5 Å². The van der Waals surface area contributed by atoms with Crippen molar-refractivity contribution in [3.8, 4) is 0 Å². The molecule has 0 radical (unpaired) electrons. The highest BCUT2D eigenvalue weighted by atomic mass is 19.4. The van der Waals surface area contributed by atoms with Crippen molar-refractivity contribution in [3.05, 3.63) is 35.1 Å². The van der Waals surface area contributed by atoms with E-state index >= 15 is 0 Å². The van der Waals surface area contributed by atoms with Crippen molar-refractivity contribution >= 4 is 0 Å². The van der Waals surface area contributed by atoms with E-state index in [0.29, 0.717) is 11.6 Å². The molecule has 1 N–H and O–H groups in total. The highest BCUT2D eigenvalue weighted by Gasteiger charge is 2.31. The number of rotatable bonds is 5. The smallest absolute Gasteiger partial charge is 0.310 e. The van der Waals surface area contributed by atoms with Gasteiger partial charge in [0.25, 0.3) is 0 Å². The van der Waals surface area contributed by atoms with Crippen LogP contribution in [-0.2, 0) is 12.7 Å². The third kappa shape index (κ3) is 4.49. The molecule has 1 fully saturated rings. The zero-order chi connectivity index (χ0) is 14.0. The van der Waals surface area contributed by atoms with Gasteiger partial charge in [-0.15, -0.1) is 0 Å². The molecule has 1 atom stereocenters. The Morgan fingerprint density at radius 1 is 1.26 bits per heavy atom. The Kier molecular flexibility index (Phi) is 4.13. The second-order valence-corrected chi connectivity index (χ2v) is 5.31. The molecule has 19 heavy (non-hydrogen) atoms. The highest BCUT2D eigenvalue weighted by molar-refractivity contribution is 5.26. The van der Waals surface area contributed by atoms with Crippen molar-refractivity contribution in [1.82, 2.24) is 5.32 Å². The topological polar surface area (TPSA) is 12.0 Å². The van der Waals surface area contributed by atoms with Gasteiger partial charge >= 0.3 is 6.18 Å². The molecule has 0 aliphatic heterocycles. The van der Waals surface area contributed by atoms with Gasteiger partial charge in [-0.1, -0.05) is 12.8 Å². The van der Waals surface area contributed by atoms with Gasteiger partial charge in [0.05, 0.1) is 5.56 Å². The Morgan fingerprint density at radius 3 is 2.53 bits per heavy atom. The van der Waals surface area contributed by atoms with E-state index in [1.165, 1.54) is 12.8 Å². The second-order valence-electron chi connectivity index (χ2n) is 5.31. The lowest BCUT2D eigenvalue weighted by Crippen LogP contribution is -2.26. The monoisotopic (exact) mass is 275 g/mol. The van der Waals surface area contributed by atoms with Crippen molar-refractivity contribution in [1.29, 1.82) is 0 Å². The van der Waals surface area contributed by atoms with Crippen LogP contribution in [0.4, 0.5) is 17.6 Å². The standard InChI is InChI=1S/C14H17F4N/c1-9(4-10-2-3-10)19-8-11-5-12(14(16,17)18)7-13(15)6-11/h5-7,9-10,19H,2-4,8H2,1H3. The molecule has 0 bridgehead atoms. The summed E-state index contributed by atoms with van der Waals surface area (Å²) in [6.45, 7) is 2.26. The maximum atomic E-state index is 13.2. The van der Waals surface area contributed by atoms with Crippen LogP contribution in [0.25, 0.3) is 0 Å². The van der Waals surface area contributed by atoms with Gasteiger partial charge in [0.15, 0.2) is 0 Å². The van der Waals surface area contributed by atoms with E-state index in [9.17, 15) is 17.6 Å². The van der Waals surface area contributed by atoms with E-state index < -0.39 is 17.6 Å². The molecule has 0 spiro atoms. The van der Waals surface area contributed by atoms with Crippen LogP contribution in [0, 0.1) is 11.7 Å². The summed E-state index contributed by atoms with van der Waals surface area (Å²) in [5.74, 6) is -0.0952. The molecule has 0 saturated heterocycles. The van der Waals surface area contributed by atoms with E-state index in [2.05, 4.69) is 5.32 Å². The van der Waals surface area contributed by atoms with E-state index in [1.54, 1.807) is 0 Å². The molecule has 0 heterocycles. The summed E-state index contributed by atoms with van der Waals surface area (Å²) < 4.78 is 50.8. The molecular weight excluding hydrogens is 258 g/mol. The predicted octanol–water partition coefficient (Wildman–Crippen LogP) is 4.12. The molecule has 1 aromatic rings. The van der Waals surface area contributed by atoms with E-state index in [1.807, 2.05) is 6.92 Å². The second kappa shape index (κ2) is 5.49. The van der Waals surface area contributed by atoms with Crippen molar-refractivity contribution < 1.29 is 17.6 Å². The van der Waals surface area contributed by atoms with Gasteiger partial charge in [-0.2, -0.15) is 13.2 Å². The molecule has 1 unspecified atom stereocenters. The zero-order valence-corrected chi connectivity index (χ0v) is 10.7. The average Bonchev–Trinajstić information content (AvgIpc) is 3.08. The number of halogens is 4. The predicted molar refractivity (Wildman–Crippen MR) is 65.0 cm³/mol. The van der Waals surface area contributed by atoms with Crippen LogP contribution in [0.15, 0.2) is 18.2 Å². The summed E-state index contributed by atoms with van der Waals surface area (Å²) in [6.07, 6.45) is -0.994. The fourth-order valence-corrected chi connectivity index (χ4v) is 2.15. The minimum atomic E-state index is -4.50. The maximum absolute atomic E-state index is 13.2. The van der Waals surface area contributed by atoms with Crippen LogP contribution in [0.2, 0.25) is 0 Å². The van der Waals surface area contributed by atoms with Crippen LogP contribution in [0.3, 0.4) is 0 Å². The molecule has 1 aromatic carbocycles. The van der Waals surface area contributed by atoms with Gasteiger partial charge in [-0.05, 0) is 43.0 Å². The molecule has 1 aliphatic rings. The minimum absolute atomic E-state index is 0.241. The molecule has 1 saturated carbocycles. The summed E-state index contributed by atoms with van der Waals surface area (Å²) in [7, 11) is 0. The lowest BCUT2D eigenvalue weighted by Gasteiger charge is -2.14. The summed E-state index contributed by atoms with van der Waals surface area (Å²) in [6, 6.07) is 2.91. The summed E-state index contributed by atoms with van der Waals surface area (Å²) in [4.78, 5) is 0. The summed E-state index contributed by atoms with van der Waals surface area (Å²) >= 11 is 0. The van der Waals surface area contributed by atoms with E-state index in [4.69, 9.17) is 0 Å². The molecule has 5 heteroatoms. The lowest BCUT2D eigenvalue weighted by atomic mass is 10.1. The van der Waals surface area contributed by atoms with Crippen molar-refractivity contribution in [2.45, 2.75) is 44.9 Å². The minimum Gasteiger partial charge on any atom is -0.310 e. The Bertz CT molecular complexity index is 438. The van der Waals surface area contributed by atoms with Crippen LogP contribution in [-0.4, -0.2) is 6.04 Å². The quantitative estimate of drug-likeness (QED) is 0.797. The number of hydrogen-bond acceptors (Lipinski definition) is 1. The SMILES string of the molecule is CC(CC1CC1)NCc1cc(F)cc(C(F)(F)F)c1. The fraction of sp³-hybridized carbons (Fsp3) is 0.571. The van der Waals surface area contributed by atoms with Crippen molar-refractivity contribution in [2.24, 2.45) is 5.92 Å². The fourth-order valence-electron chi connectivity index (χ4n) is 2.15. The zero-order valence-electron chi connectivity index (χ0n) is 10.7. The van der Waals surface area contributed by atoms with Gasteiger partial charge < -0.3 is 5.32 Å². The first-order valence-electron chi connectivity index (χ1n) is 6.44. The molecule has 0 amide bonds. The largest absolute Gasteiger partial charge is 0.416 e. The van der Waals surface area contributed by atoms with Gasteiger partial charge in [-0.3, -0.25) is 0 Å². The Hall–Kier alpha value is -1.10. The first-order valence-corrected chi connectivity index (χ1v) is 6.44. The summed E-state index contributed by atoms with van der Waals surface area (Å²) in [5, 5.41) is 3.14. The molecule has 1 aliphatic carbocycles. The highest BCUT2D eigenvalue weighted by Crippen LogP contribution is 2.33. The van der Waals surface area contributed by atoms with Gasteiger partial charge in [0, 0.05) is 12.6 Å². The first kappa shape index (κ1) is 14.3. The lowest BCUT2D eigenvalue weighted by molar-refractivity contribution is -0.137. The Morgan fingerprint density at radius 2 is 1.95 bits per heavy atom. The molecule has 2 rings (SSSR count). The van der Waals surface area contributed by atoms with Crippen molar-refractivity contribution in [3.63, 3.8) is 0 Å². The van der Waals surface area contributed by atoms with Gasteiger partial charge in [0.1, 0.15) is 5.82 Å². The maximum Gasteiger partial charge on any atom is 0.416 e. The third-order valence-electron chi connectivity index (χ3n) is 3.32. The Labute approximate surface area is 110 Å². The number of nitrogens with one attached hydrogen (secondary N) is 1. The third-order valence-corrected chi connectivity index (χ3v) is 3.32. The van der Waals surface area contributed by atoms with Crippen LogP contribution in [0.5, 0.6) is 0 Å². The van der Waals surface area contributed by atoms with Gasteiger partial charge in [0.2, 0.25) is 0 Å². The molecule has 1 nitrogen and oxygen atoms in total. The van der Waals surface area contributed by atoms with Crippen LogP contribution >= 0.6 is 0 Å². The molecular formula is C14H17F4N. The Balaban J connectivity index is 1.97.